The Morgan fingerprint density at radius 1 is 1.40 bits per heavy atom. The predicted octanol–water partition coefficient (Wildman–Crippen LogP) is 2.29. The maximum atomic E-state index is 11.6. The molecule has 80 valence electrons. The zero-order valence-electron chi connectivity index (χ0n) is 8.86. The lowest BCUT2D eigenvalue weighted by Gasteiger charge is -2.05. The maximum absolute atomic E-state index is 11.6. The van der Waals surface area contributed by atoms with Gasteiger partial charge in [-0.2, -0.15) is 0 Å². The molecule has 1 unspecified atom stereocenters. The lowest BCUT2D eigenvalue weighted by Crippen LogP contribution is -2.14. The highest BCUT2D eigenvalue weighted by atomic mass is 16.4. The Bertz CT molecular complexity index is 382. The average molecular weight is 206 g/mol. The normalized spacial score (nSPS) is 12.1. The second-order valence-electron chi connectivity index (χ2n) is 3.74. The molecular formula is C12H14O3. The second kappa shape index (κ2) is 4.73. The van der Waals surface area contributed by atoms with Crippen molar-refractivity contribution < 1.29 is 14.7 Å². The molecule has 15 heavy (non-hydrogen) atoms. The first-order valence-electron chi connectivity index (χ1n) is 4.83. The third-order valence-electron chi connectivity index (χ3n) is 2.25. The minimum Gasteiger partial charge on any atom is -0.481 e. The number of aliphatic carboxylic acids is 1. The van der Waals surface area contributed by atoms with E-state index in [0.29, 0.717) is 5.56 Å². The lowest BCUT2D eigenvalue weighted by molar-refractivity contribution is -0.141. The third-order valence-corrected chi connectivity index (χ3v) is 2.25. The highest BCUT2D eigenvalue weighted by molar-refractivity contribution is 5.98. The molecule has 3 nitrogen and oxygen atoms in total. The van der Waals surface area contributed by atoms with E-state index < -0.39 is 11.9 Å². The Hall–Kier alpha value is -1.64. The average Bonchev–Trinajstić information content (AvgIpc) is 2.17. The smallest absolute Gasteiger partial charge is 0.306 e. The van der Waals surface area contributed by atoms with Gasteiger partial charge in [0, 0.05) is 12.0 Å². The molecule has 0 aromatic heterocycles. The minimum absolute atomic E-state index is 0.0544. The van der Waals surface area contributed by atoms with Crippen LogP contribution in [0.15, 0.2) is 24.3 Å². The number of rotatable bonds is 4. The van der Waals surface area contributed by atoms with Crippen molar-refractivity contribution in [2.24, 2.45) is 5.92 Å². The summed E-state index contributed by atoms with van der Waals surface area (Å²) in [5.74, 6) is -1.68. The van der Waals surface area contributed by atoms with Crippen LogP contribution >= 0.6 is 0 Å². The van der Waals surface area contributed by atoms with Crippen LogP contribution < -0.4 is 0 Å². The van der Waals surface area contributed by atoms with E-state index in [1.54, 1.807) is 18.2 Å². The van der Waals surface area contributed by atoms with E-state index in [1.807, 2.05) is 13.0 Å². The summed E-state index contributed by atoms with van der Waals surface area (Å²) in [7, 11) is 0. The number of aryl methyl sites for hydroxylation is 1. The van der Waals surface area contributed by atoms with Crippen LogP contribution in [0.1, 0.15) is 29.3 Å². The molecule has 0 saturated heterocycles. The summed E-state index contributed by atoms with van der Waals surface area (Å²) >= 11 is 0. The van der Waals surface area contributed by atoms with Gasteiger partial charge in [-0.3, -0.25) is 9.59 Å². The third kappa shape index (κ3) is 3.20. The molecule has 1 N–H and O–H groups in total. The zero-order valence-corrected chi connectivity index (χ0v) is 8.86. The molecule has 0 bridgehead atoms. The van der Waals surface area contributed by atoms with Crippen molar-refractivity contribution in [2.75, 3.05) is 0 Å². The fraction of sp³-hybridized carbons (Fsp3) is 0.333. The van der Waals surface area contributed by atoms with Crippen molar-refractivity contribution in [3.8, 4) is 0 Å². The summed E-state index contributed by atoms with van der Waals surface area (Å²) in [5, 5.41) is 8.68. The zero-order chi connectivity index (χ0) is 11.4. The highest BCUT2D eigenvalue weighted by Crippen LogP contribution is 2.11. The molecule has 3 heteroatoms. The first kappa shape index (κ1) is 11.4. The van der Waals surface area contributed by atoms with E-state index in [1.165, 1.54) is 6.92 Å². The number of carboxylic acid groups (broad SMARTS) is 1. The summed E-state index contributed by atoms with van der Waals surface area (Å²) in [4.78, 5) is 22.2. The lowest BCUT2D eigenvalue weighted by atomic mass is 9.99. The van der Waals surface area contributed by atoms with E-state index in [-0.39, 0.29) is 12.2 Å². The fourth-order valence-electron chi connectivity index (χ4n) is 1.30. The number of carboxylic acids is 1. The number of carbonyl (C=O) groups excluding carboxylic acids is 1. The van der Waals surface area contributed by atoms with Gasteiger partial charge >= 0.3 is 5.97 Å². The van der Waals surface area contributed by atoms with Crippen molar-refractivity contribution in [3.05, 3.63) is 35.4 Å². The Morgan fingerprint density at radius 2 is 2.07 bits per heavy atom. The van der Waals surface area contributed by atoms with Gasteiger partial charge in [-0.05, 0) is 13.0 Å². The Labute approximate surface area is 88.7 Å². The molecule has 0 saturated carbocycles. The van der Waals surface area contributed by atoms with Gasteiger partial charge in [0.1, 0.15) is 0 Å². The van der Waals surface area contributed by atoms with Gasteiger partial charge in [0.05, 0.1) is 5.92 Å². The van der Waals surface area contributed by atoms with Crippen molar-refractivity contribution in [1.82, 2.24) is 0 Å². The molecule has 0 radical (unpaired) electrons. The molecule has 0 heterocycles. The number of Topliss-reactive ketones (excluding diaryl/α,β-unsaturated/α-hetero) is 1. The van der Waals surface area contributed by atoms with Crippen LogP contribution in [0, 0.1) is 12.8 Å². The summed E-state index contributed by atoms with van der Waals surface area (Å²) in [6.45, 7) is 3.44. The monoisotopic (exact) mass is 206 g/mol. The van der Waals surface area contributed by atoms with E-state index in [9.17, 15) is 9.59 Å². The van der Waals surface area contributed by atoms with Crippen molar-refractivity contribution in [1.29, 1.82) is 0 Å². The minimum atomic E-state index is -0.934. The SMILES string of the molecule is Cc1cccc(C(=O)CC(C)C(=O)O)c1. The number of hydrogen-bond acceptors (Lipinski definition) is 2. The summed E-state index contributed by atoms with van der Waals surface area (Å²) in [5.41, 5.74) is 1.59. The van der Waals surface area contributed by atoms with Crippen LogP contribution in [0.25, 0.3) is 0 Å². The molecule has 1 rings (SSSR count). The molecule has 0 fully saturated rings. The van der Waals surface area contributed by atoms with E-state index in [2.05, 4.69) is 0 Å². The molecule has 1 aromatic carbocycles. The van der Waals surface area contributed by atoms with Crippen LogP contribution in [0.3, 0.4) is 0 Å². The first-order chi connectivity index (χ1) is 7.00. The van der Waals surface area contributed by atoms with Gasteiger partial charge in [0.15, 0.2) is 5.78 Å². The molecule has 1 atom stereocenters. The predicted molar refractivity (Wildman–Crippen MR) is 56.9 cm³/mol. The van der Waals surface area contributed by atoms with Crippen LogP contribution in [0.2, 0.25) is 0 Å². The van der Waals surface area contributed by atoms with E-state index in [0.717, 1.165) is 5.56 Å². The van der Waals surface area contributed by atoms with E-state index in [4.69, 9.17) is 5.11 Å². The van der Waals surface area contributed by atoms with Crippen molar-refractivity contribution >= 4 is 11.8 Å². The highest BCUT2D eigenvalue weighted by Gasteiger charge is 2.16. The molecule has 0 amide bonds. The summed E-state index contributed by atoms with van der Waals surface area (Å²) in [6.07, 6.45) is 0.0544. The fourth-order valence-corrected chi connectivity index (χ4v) is 1.30. The van der Waals surface area contributed by atoms with Crippen LogP contribution in [0.4, 0.5) is 0 Å². The van der Waals surface area contributed by atoms with Gasteiger partial charge in [-0.25, -0.2) is 0 Å². The molecular weight excluding hydrogens is 192 g/mol. The van der Waals surface area contributed by atoms with Gasteiger partial charge in [-0.1, -0.05) is 30.7 Å². The second-order valence-corrected chi connectivity index (χ2v) is 3.74. The molecule has 0 aliphatic heterocycles. The van der Waals surface area contributed by atoms with Gasteiger partial charge < -0.3 is 5.11 Å². The molecule has 0 aliphatic rings. The topological polar surface area (TPSA) is 54.4 Å². The Morgan fingerprint density at radius 3 is 2.60 bits per heavy atom. The van der Waals surface area contributed by atoms with Gasteiger partial charge in [-0.15, -0.1) is 0 Å². The summed E-state index contributed by atoms with van der Waals surface area (Å²) in [6, 6.07) is 7.19. The van der Waals surface area contributed by atoms with Crippen molar-refractivity contribution in [2.45, 2.75) is 20.3 Å². The number of ketones is 1. The van der Waals surface area contributed by atoms with Crippen molar-refractivity contribution in [3.63, 3.8) is 0 Å². The van der Waals surface area contributed by atoms with Gasteiger partial charge in [0.25, 0.3) is 0 Å². The van der Waals surface area contributed by atoms with Crippen LogP contribution in [-0.4, -0.2) is 16.9 Å². The number of hydrogen-bond donors (Lipinski definition) is 1. The van der Waals surface area contributed by atoms with Crippen LogP contribution in [-0.2, 0) is 4.79 Å². The molecule has 0 aliphatic carbocycles. The Kier molecular flexibility index (Phi) is 3.61. The molecule has 1 aromatic rings. The number of benzene rings is 1. The van der Waals surface area contributed by atoms with Crippen LogP contribution in [0.5, 0.6) is 0 Å². The quantitative estimate of drug-likeness (QED) is 0.769. The Balaban J connectivity index is 2.73. The van der Waals surface area contributed by atoms with Gasteiger partial charge in [0.2, 0.25) is 0 Å². The summed E-state index contributed by atoms with van der Waals surface area (Å²) < 4.78 is 0. The standard InChI is InChI=1S/C12H14O3/c1-8-4-3-5-10(6-8)11(13)7-9(2)12(14)15/h3-6,9H,7H2,1-2H3,(H,14,15). The largest absolute Gasteiger partial charge is 0.481 e. The maximum Gasteiger partial charge on any atom is 0.306 e. The van der Waals surface area contributed by atoms with E-state index >= 15 is 0 Å². The first-order valence-corrected chi connectivity index (χ1v) is 4.83. The number of carbonyl (C=O) groups is 2. The molecule has 0 spiro atoms.